The maximum Gasteiger partial charge on any atom is 0.227 e. The van der Waals surface area contributed by atoms with Crippen LogP contribution in [0.2, 0.25) is 0 Å². The zero-order valence-electron chi connectivity index (χ0n) is 15.1. The van der Waals surface area contributed by atoms with Crippen LogP contribution in [0.4, 0.5) is 4.39 Å². The largest absolute Gasteiger partial charge is 0.357 e. The quantitative estimate of drug-likeness (QED) is 0.503. The normalized spacial score (nSPS) is 12.0. The summed E-state index contributed by atoms with van der Waals surface area (Å²) in [6.45, 7) is 10.1. The summed E-state index contributed by atoms with van der Waals surface area (Å²) in [7, 11) is 0. The average Bonchev–Trinajstić information content (AvgIpc) is 2.54. The Morgan fingerprint density at radius 2 is 1.71 bits per heavy atom. The molecule has 6 heteroatoms. The summed E-state index contributed by atoms with van der Waals surface area (Å²) in [5.74, 6) is 0.446. The number of amides is 1. The van der Waals surface area contributed by atoms with Gasteiger partial charge in [-0.1, -0.05) is 12.1 Å². The number of nitrogens with one attached hydrogen (secondary N) is 3. The van der Waals surface area contributed by atoms with Gasteiger partial charge in [0.1, 0.15) is 5.82 Å². The van der Waals surface area contributed by atoms with E-state index >= 15 is 0 Å². The summed E-state index contributed by atoms with van der Waals surface area (Å²) >= 11 is 0. The molecule has 0 fully saturated rings. The van der Waals surface area contributed by atoms with Gasteiger partial charge in [-0.15, -0.1) is 0 Å². The first-order valence-corrected chi connectivity index (χ1v) is 8.44. The van der Waals surface area contributed by atoms with Crippen LogP contribution in [-0.4, -0.2) is 38.0 Å². The minimum absolute atomic E-state index is 0.00379. The number of carbonyl (C=O) groups is 1. The van der Waals surface area contributed by atoms with E-state index in [0.717, 1.165) is 18.5 Å². The number of hydrogen-bond donors (Lipinski definition) is 3. The minimum atomic E-state index is -0.560. The van der Waals surface area contributed by atoms with Crippen LogP contribution in [0.25, 0.3) is 0 Å². The van der Waals surface area contributed by atoms with Crippen molar-refractivity contribution in [1.82, 2.24) is 16.0 Å². The number of aliphatic imine (C=N–C) groups is 1. The Kier molecular flexibility index (Phi) is 8.22. The van der Waals surface area contributed by atoms with Crippen molar-refractivity contribution in [1.29, 1.82) is 0 Å². The molecule has 0 bridgehead atoms. The molecule has 0 radical (unpaired) electrons. The molecule has 1 aromatic rings. The molecule has 0 atom stereocenters. The lowest BCUT2D eigenvalue weighted by Gasteiger charge is -2.22. The zero-order valence-corrected chi connectivity index (χ0v) is 15.1. The molecule has 0 aromatic heterocycles. The third-order valence-electron chi connectivity index (χ3n) is 3.55. The van der Waals surface area contributed by atoms with E-state index in [4.69, 9.17) is 0 Å². The van der Waals surface area contributed by atoms with E-state index in [1.54, 1.807) is 12.1 Å². The molecule has 134 valence electrons. The Labute approximate surface area is 144 Å². The third kappa shape index (κ3) is 6.98. The minimum Gasteiger partial charge on any atom is -0.357 e. The Hall–Kier alpha value is -2.11. The number of rotatable bonds is 8. The summed E-state index contributed by atoms with van der Waals surface area (Å²) in [5, 5.41) is 9.24. The second-order valence-electron chi connectivity index (χ2n) is 6.24. The third-order valence-corrected chi connectivity index (χ3v) is 3.55. The molecule has 0 saturated carbocycles. The van der Waals surface area contributed by atoms with Gasteiger partial charge in [0.25, 0.3) is 0 Å². The molecule has 1 amide bonds. The Balaban J connectivity index is 2.55. The fourth-order valence-electron chi connectivity index (χ4n) is 2.07. The van der Waals surface area contributed by atoms with Crippen LogP contribution < -0.4 is 16.0 Å². The van der Waals surface area contributed by atoms with E-state index in [-0.39, 0.29) is 11.7 Å². The predicted octanol–water partition coefficient (Wildman–Crippen LogP) is 2.09. The lowest BCUT2D eigenvalue weighted by atomic mass is 9.92. The van der Waals surface area contributed by atoms with E-state index in [2.05, 4.69) is 20.9 Å². The standard InChI is InChI=1S/C18H29FN4O/c1-5-20-16(24)18(3,4)13-23-17(21-6-2)22-12-11-14-7-9-15(19)10-8-14/h7-10H,5-6,11-13H2,1-4H3,(H,20,24)(H2,21,22,23). The molecule has 24 heavy (non-hydrogen) atoms. The van der Waals surface area contributed by atoms with Gasteiger partial charge in [0.2, 0.25) is 5.91 Å². The first-order chi connectivity index (χ1) is 11.4. The van der Waals surface area contributed by atoms with Crippen molar-refractivity contribution in [2.75, 3.05) is 26.2 Å². The van der Waals surface area contributed by atoms with Gasteiger partial charge in [-0.25, -0.2) is 4.39 Å². The van der Waals surface area contributed by atoms with Crippen LogP contribution in [0.3, 0.4) is 0 Å². The second-order valence-corrected chi connectivity index (χ2v) is 6.24. The van der Waals surface area contributed by atoms with Crippen LogP contribution in [0, 0.1) is 11.2 Å². The summed E-state index contributed by atoms with van der Waals surface area (Å²) in [4.78, 5) is 16.5. The SMILES string of the molecule is CCNC(=O)C(C)(C)CN=C(NCC)NCCc1ccc(F)cc1. The van der Waals surface area contributed by atoms with Crippen molar-refractivity contribution in [2.45, 2.75) is 34.1 Å². The summed E-state index contributed by atoms with van der Waals surface area (Å²) < 4.78 is 12.9. The molecular formula is C18H29FN4O. The lowest BCUT2D eigenvalue weighted by molar-refractivity contribution is -0.128. The molecule has 0 aliphatic heterocycles. The summed E-state index contributed by atoms with van der Waals surface area (Å²) in [6, 6.07) is 6.48. The fourth-order valence-corrected chi connectivity index (χ4v) is 2.07. The number of halogens is 1. The second kappa shape index (κ2) is 9.90. The monoisotopic (exact) mass is 336 g/mol. The predicted molar refractivity (Wildman–Crippen MR) is 96.6 cm³/mol. The van der Waals surface area contributed by atoms with Crippen LogP contribution in [0.15, 0.2) is 29.3 Å². The number of guanidine groups is 1. The lowest BCUT2D eigenvalue weighted by Crippen LogP contribution is -2.42. The molecule has 0 unspecified atom stereocenters. The maximum atomic E-state index is 12.9. The van der Waals surface area contributed by atoms with Crippen LogP contribution in [0.5, 0.6) is 0 Å². The molecule has 1 aromatic carbocycles. The van der Waals surface area contributed by atoms with Crippen molar-refractivity contribution in [2.24, 2.45) is 10.4 Å². The maximum absolute atomic E-state index is 12.9. The van der Waals surface area contributed by atoms with Gasteiger partial charge in [0.15, 0.2) is 5.96 Å². The van der Waals surface area contributed by atoms with Crippen LogP contribution in [0.1, 0.15) is 33.3 Å². The van der Waals surface area contributed by atoms with E-state index in [0.29, 0.717) is 25.6 Å². The zero-order chi connectivity index (χ0) is 18.0. The molecule has 5 nitrogen and oxygen atoms in total. The van der Waals surface area contributed by atoms with E-state index in [1.165, 1.54) is 12.1 Å². The molecule has 0 spiro atoms. The average molecular weight is 336 g/mol. The Morgan fingerprint density at radius 3 is 2.29 bits per heavy atom. The van der Waals surface area contributed by atoms with Crippen molar-refractivity contribution < 1.29 is 9.18 Å². The molecule has 0 aliphatic carbocycles. The summed E-state index contributed by atoms with van der Waals surface area (Å²) in [5.41, 5.74) is 0.498. The van der Waals surface area contributed by atoms with E-state index in [1.807, 2.05) is 27.7 Å². The number of benzene rings is 1. The van der Waals surface area contributed by atoms with Crippen molar-refractivity contribution in [3.05, 3.63) is 35.6 Å². The molecule has 3 N–H and O–H groups in total. The van der Waals surface area contributed by atoms with Gasteiger partial charge in [-0.05, 0) is 51.8 Å². The molecule has 0 aliphatic rings. The van der Waals surface area contributed by atoms with Crippen molar-refractivity contribution in [3.8, 4) is 0 Å². The van der Waals surface area contributed by atoms with Crippen LogP contribution >= 0.6 is 0 Å². The molecular weight excluding hydrogens is 307 g/mol. The van der Waals surface area contributed by atoms with Gasteiger partial charge in [-0.2, -0.15) is 0 Å². The fraction of sp³-hybridized carbons (Fsp3) is 0.556. The van der Waals surface area contributed by atoms with E-state index in [9.17, 15) is 9.18 Å². The molecule has 1 rings (SSSR count). The molecule has 0 saturated heterocycles. The van der Waals surface area contributed by atoms with E-state index < -0.39 is 5.41 Å². The van der Waals surface area contributed by atoms with Gasteiger partial charge < -0.3 is 16.0 Å². The van der Waals surface area contributed by atoms with Gasteiger partial charge in [-0.3, -0.25) is 9.79 Å². The topological polar surface area (TPSA) is 65.5 Å². The smallest absolute Gasteiger partial charge is 0.227 e. The number of nitrogens with zero attached hydrogens (tertiary/aromatic N) is 1. The first kappa shape index (κ1) is 19.9. The van der Waals surface area contributed by atoms with Gasteiger partial charge in [0, 0.05) is 19.6 Å². The summed E-state index contributed by atoms with van der Waals surface area (Å²) in [6.07, 6.45) is 0.768. The first-order valence-electron chi connectivity index (χ1n) is 8.44. The number of hydrogen-bond acceptors (Lipinski definition) is 2. The van der Waals surface area contributed by atoms with Crippen LogP contribution in [-0.2, 0) is 11.2 Å². The highest BCUT2D eigenvalue weighted by atomic mass is 19.1. The highest BCUT2D eigenvalue weighted by molar-refractivity contribution is 5.83. The van der Waals surface area contributed by atoms with Crippen molar-refractivity contribution >= 4 is 11.9 Å². The molecule has 0 heterocycles. The van der Waals surface area contributed by atoms with Gasteiger partial charge in [0.05, 0.1) is 12.0 Å². The van der Waals surface area contributed by atoms with Crippen molar-refractivity contribution in [3.63, 3.8) is 0 Å². The number of carbonyl (C=O) groups excluding carboxylic acids is 1. The Bertz CT molecular complexity index is 540. The Morgan fingerprint density at radius 1 is 1.08 bits per heavy atom. The highest BCUT2D eigenvalue weighted by Gasteiger charge is 2.26. The highest BCUT2D eigenvalue weighted by Crippen LogP contribution is 2.15. The van der Waals surface area contributed by atoms with Gasteiger partial charge >= 0.3 is 0 Å².